The molecule has 0 amide bonds. The number of imidazole rings is 1. The highest BCUT2D eigenvalue weighted by Crippen LogP contribution is 2.25. The zero-order valence-electron chi connectivity index (χ0n) is 9.68. The number of hydrogen-bond acceptors (Lipinski definition) is 5. The van der Waals surface area contributed by atoms with Crippen molar-refractivity contribution in [1.82, 2.24) is 23.8 Å². The summed E-state index contributed by atoms with van der Waals surface area (Å²) in [6, 6.07) is 0. The van der Waals surface area contributed by atoms with E-state index in [0.717, 1.165) is 11.3 Å². The Morgan fingerprint density at radius 1 is 1.28 bits per heavy atom. The van der Waals surface area contributed by atoms with Crippen LogP contribution < -0.4 is 0 Å². The van der Waals surface area contributed by atoms with Crippen LogP contribution in [0.25, 0.3) is 0 Å². The molecule has 8 heteroatoms. The van der Waals surface area contributed by atoms with Gasteiger partial charge in [0.15, 0.2) is 5.03 Å². The van der Waals surface area contributed by atoms with Crippen LogP contribution in [0.15, 0.2) is 30.1 Å². The van der Waals surface area contributed by atoms with Crippen molar-refractivity contribution in [3.05, 3.63) is 36.3 Å². The minimum absolute atomic E-state index is 0.0609. The van der Waals surface area contributed by atoms with E-state index in [1.165, 1.54) is 23.2 Å². The maximum Gasteiger partial charge on any atom is 0.262 e. The van der Waals surface area contributed by atoms with Gasteiger partial charge in [0.1, 0.15) is 6.33 Å². The van der Waals surface area contributed by atoms with Crippen molar-refractivity contribution in [2.75, 3.05) is 0 Å². The normalized spacial score (nSPS) is 15.8. The van der Waals surface area contributed by atoms with E-state index in [-0.39, 0.29) is 11.6 Å². The maximum atomic E-state index is 12.3. The lowest BCUT2D eigenvalue weighted by atomic mass is 10.3. The third kappa shape index (κ3) is 1.70. The number of sulfonamides is 1. The molecule has 3 heterocycles. The van der Waals surface area contributed by atoms with Gasteiger partial charge in [0.2, 0.25) is 0 Å². The molecule has 0 aliphatic carbocycles. The highest BCUT2D eigenvalue weighted by molar-refractivity contribution is 7.89. The summed E-state index contributed by atoms with van der Waals surface area (Å²) in [5.41, 5.74) is 1.60. The Labute approximate surface area is 104 Å². The van der Waals surface area contributed by atoms with Crippen LogP contribution in [-0.4, -0.2) is 32.2 Å². The average Bonchev–Trinajstić information content (AvgIpc) is 2.94. The van der Waals surface area contributed by atoms with E-state index >= 15 is 0 Å². The number of fused-ring (bicyclic) bond motifs is 1. The van der Waals surface area contributed by atoms with Crippen LogP contribution in [0.5, 0.6) is 0 Å². The summed E-state index contributed by atoms with van der Waals surface area (Å²) in [6.45, 7) is 0.575. The SMILES string of the molecule is Cn1cnc(S(=O)(=O)N2Cc3cncnc3C2)c1. The van der Waals surface area contributed by atoms with E-state index in [2.05, 4.69) is 15.0 Å². The van der Waals surface area contributed by atoms with Gasteiger partial charge in [-0.25, -0.2) is 23.4 Å². The molecule has 0 spiro atoms. The van der Waals surface area contributed by atoms with E-state index < -0.39 is 10.0 Å². The van der Waals surface area contributed by atoms with Gasteiger partial charge in [0, 0.05) is 31.5 Å². The summed E-state index contributed by atoms with van der Waals surface area (Å²) in [4.78, 5) is 11.9. The van der Waals surface area contributed by atoms with Gasteiger partial charge in [-0.05, 0) is 0 Å². The van der Waals surface area contributed by atoms with Crippen molar-refractivity contribution in [1.29, 1.82) is 0 Å². The molecule has 0 saturated heterocycles. The van der Waals surface area contributed by atoms with Crippen molar-refractivity contribution in [2.24, 2.45) is 7.05 Å². The van der Waals surface area contributed by atoms with Crippen LogP contribution in [0.3, 0.4) is 0 Å². The summed E-state index contributed by atoms with van der Waals surface area (Å²) in [7, 11) is -1.82. The molecule has 94 valence electrons. The van der Waals surface area contributed by atoms with E-state index in [1.54, 1.807) is 17.8 Å². The minimum Gasteiger partial charge on any atom is -0.339 e. The third-order valence-corrected chi connectivity index (χ3v) is 4.52. The van der Waals surface area contributed by atoms with Crippen molar-refractivity contribution in [3.8, 4) is 0 Å². The fourth-order valence-electron chi connectivity index (χ4n) is 1.90. The molecule has 1 aliphatic heterocycles. The van der Waals surface area contributed by atoms with Gasteiger partial charge in [-0.3, -0.25) is 0 Å². The highest BCUT2D eigenvalue weighted by Gasteiger charge is 2.32. The molecule has 0 atom stereocenters. The quantitative estimate of drug-likeness (QED) is 0.758. The van der Waals surface area contributed by atoms with Gasteiger partial charge >= 0.3 is 0 Å². The fourth-order valence-corrected chi connectivity index (χ4v) is 3.24. The van der Waals surface area contributed by atoms with Crippen LogP contribution in [0.2, 0.25) is 0 Å². The van der Waals surface area contributed by atoms with Gasteiger partial charge < -0.3 is 4.57 Å². The molecule has 0 radical (unpaired) electrons. The molecular weight excluding hydrogens is 254 g/mol. The average molecular weight is 265 g/mol. The van der Waals surface area contributed by atoms with Crippen LogP contribution in [0, 0.1) is 0 Å². The molecule has 0 bridgehead atoms. The Balaban J connectivity index is 1.95. The molecule has 7 nitrogen and oxygen atoms in total. The molecule has 0 saturated carbocycles. The number of aromatic nitrogens is 4. The van der Waals surface area contributed by atoms with Gasteiger partial charge in [-0.1, -0.05) is 0 Å². The van der Waals surface area contributed by atoms with Gasteiger partial charge in [0.05, 0.1) is 18.6 Å². The Morgan fingerprint density at radius 3 is 2.78 bits per heavy atom. The van der Waals surface area contributed by atoms with E-state index in [0.29, 0.717) is 6.54 Å². The lowest BCUT2D eigenvalue weighted by Crippen LogP contribution is -2.26. The van der Waals surface area contributed by atoms with Gasteiger partial charge in [-0.15, -0.1) is 0 Å². The first-order valence-electron chi connectivity index (χ1n) is 5.33. The summed E-state index contributed by atoms with van der Waals surface area (Å²) < 4.78 is 27.6. The first kappa shape index (κ1) is 11.3. The van der Waals surface area contributed by atoms with Crippen molar-refractivity contribution < 1.29 is 8.42 Å². The minimum atomic E-state index is -3.55. The molecule has 2 aromatic rings. The standard InChI is InChI=1S/C10H11N5O2S/c1-14-5-10(13-7-14)18(16,17)15-3-8-2-11-6-12-9(8)4-15/h2,5-7H,3-4H2,1H3. The third-order valence-electron chi connectivity index (χ3n) is 2.84. The molecule has 0 aromatic carbocycles. The van der Waals surface area contributed by atoms with Crippen molar-refractivity contribution in [3.63, 3.8) is 0 Å². The molecule has 1 aliphatic rings. The van der Waals surface area contributed by atoms with Crippen LogP contribution in [0.4, 0.5) is 0 Å². The maximum absolute atomic E-state index is 12.3. The monoisotopic (exact) mass is 265 g/mol. The van der Waals surface area contributed by atoms with E-state index in [9.17, 15) is 8.42 Å². The first-order chi connectivity index (χ1) is 8.57. The Hall–Kier alpha value is -1.80. The Bertz CT molecular complexity index is 669. The molecule has 18 heavy (non-hydrogen) atoms. The molecular formula is C10H11N5O2S. The van der Waals surface area contributed by atoms with Crippen molar-refractivity contribution in [2.45, 2.75) is 18.1 Å². The molecule has 2 aromatic heterocycles. The van der Waals surface area contributed by atoms with E-state index in [1.807, 2.05) is 0 Å². The number of hydrogen-bond donors (Lipinski definition) is 0. The molecule has 3 rings (SSSR count). The lowest BCUT2D eigenvalue weighted by molar-refractivity contribution is 0.427. The van der Waals surface area contributed by atoms with Crippen molar-refractivity contribution >= 4 is 10.0 Å². The van der Waals surface area contributed by atoms with E-state index in [4.69, 9.17) is 0 Å². The number of rotatable bonds is 2. The second-order valence-corrected chi connectivity index (χ2v) is 6.03. The molecule has 0 fully saturated rings. The smallest absolute Gasteiger partial charge is 0.262 e. The zero-order chi connectivity index (χ0) is 12.8. The second kappa shape index (κ2) is 3.85. The summed E-state index contributed by atoms with van der Waals surface area (Å²) in [5.74, 6) is 0. The topological polar surface area (TPSA) is 81.0 Å². The highest BCUT2D eigenvalue weighted by atomic mass is 32.2. The fraction of sp³-hybridized carbons (Fsp3) is 0.300. The molecule has 0 N–H and O–H groups in total. The second-order valence-electron chi connectivity index (χ2n) is 4.15. The molecule has 0 unspecified atom stereocenters. The summed E-state index contributed by atoms with van der Waals surface area (Å²) in [6.07, 6.45) is 6.03. The van der Waals surface area contributed by atoms with Gasteiger partial charge in [0.25, 0.3) is 10.0 Å². The first-order valence-corrected chi connectivity index (χ1v) is 6.77. The summed E-state index contributed by atoms with van der Waals surface area (Å²) in [5, 5.41) is 0.0609. The zero-order valence-corrected chi connectivity index (χ0v) is 10.5. The van der Waals surface area contributed by atoms with Crippen LogP contribution in [0.1, 0.15) is 11.3 Å². The predicted molar refractivity (Wildman–Crippen MR) is 61.7 cm³/mol. The Morgan fingerprint density at radius 2 is 2.11 bits per heavy atom. The number of aryl methyl sites for hydroxylation is 1. The van der Waals surface area contributed by atoms with Crippen LogP contribution >= 0.6 is 0 Å². The van der Waals surface area contributed by atoms with Crippen LogP contribution in [-0.2, 0) is 30.2 Å². The number of nitrogens with zero attached hydrogens (tertiary/aromatic N) is 5. The Kier molecular flexibility index (Phi) is 2.42. The predicted octanol–water partition coefficient (Wildman–Crippen LogP) is -0.0854. The largest absolute Gasteiger partial charge is 0.339 e. The van der Waals surface area contributed by atoms with Gasteiger partial charge in [-0.2, -0.15) is 4.31 Å². The lowest BCUT2D eigenvalue weighted by Gasteiger charge is -2.12. The summed E-state index contributed by atoms with van der Waals surface area (Å²) >= 11 is 0.